The van der Waals surface area contributed by atoms with Crippen LogP contribution in [0.15, 0.2) is 29.3 Å². The molecule has 0 bridgehead atoms. The third kappa shape index (κ3) is 6.95. The summed E-state index contributed by atoms with van der Waals surface area (Å²) in [5.41, 5.74) is 0.641. The van der Waals surface area contributed by atoms with E-state index < -0.39 is 5.60 Å². The summed E-state index contributed by atoms with van der Waals surface area (Å²) in [5.74, 6) is 1.61. The predicted octanol–water partition coefficient (Wildman–Crippen LogP) is 2.46. The highest BCUT2D eigenvalue weighted by atomic mass is 127. The number of aryl methyl sites for hydroxylation is 1. The summed E-state index contributed by atoms with van der Waals surface area (Å²) < 4.78 is 5.67. The highest BCUT2D eigenvalue weighted by Gasteiger charge is 2.34. The Hall–Kier alpha value is -1.02. The molecule has 1 saturated carbocycles. The van der Waals surface area contributed by atoms with Gasteiger partial charge in [0.1, 0.15) is 12.4 Å². The van der Waals surface area contributed by atoms with Crippen LogP contribution in [0.3, 0.4) is 0 Å². The first kappa shape index (κ1) is 20.0. The fourth-order valence-corrected chi connectivity index (χ4v) is 2.28. The molecule has 1 aromatic carbocycles. The summed E-state index contributed by atoms with van der Waals surface area (Å²) in [5, 5.41) is 16.5. The SMILES string of the molecule is CCNC(=NCC1(O)CCC1)NCCOc1ccc(C)cc1.I. The molecule has 1 aliphatic rings. The minimum atomic E-state index is -0.583. The number of nitrogens with zero attached hydrogens (tertiary/aromatic N) is 1. The van der Waals surface area contributed by atoms with Gasteiger partial charge in [-0.25, -0.2) is 0 Å². The minimum absolute atomic E-state index is 0. The molecule has 0 atom stereocenters. The van der Waals surface area contributed by atoms with Gasteiger partial charge in [-0.15, -0.1) is 24.0 Å². The Balaban J connectivity index is 0.00000264. The van der Waals surface area contributed by atoms with Gasteiger partial charge in [0.05, 0.1) is 18.7 Å². The lowest BCUT2D eigenvalue weighted by atomic mass is 9.80. The van der Waals surface area contributed by atoms with Gasteiger partial charge in [0, 0.05) is 6.54 Å². The maximum atomic E-state index is 10.1. The molecule has 2 rings (SSSR count). The van der Waals surface area contributed by atoms with Crippen LogP contribution in [0.5, 0.6) is 5.75 Å². The van der Waals surface area contributed by atoms with Crippen LogP contribution in [0.2, 0.25) is 0 Å². The van der Waals surface area contributed by atoms with Crippen LogP contribution in [0.4, 0.5) is 0 Å². The molecule has 6 heteroatoms. The second-order valence-corrected chi connectivity index (χ2v) is 5.86. The molecular weight excluding hydrogens is 405 g/mol. The second-order valence-electron chi connectivity index (χ2n) is 5.86. The van der Waals surface area contributed by atoms with Crippen LogP contribution < -0.4 is 15.4 Å². The van der Waals surface area contributed by atoms with Gasteiger partial charge in [0.2, 0.25) is 0 Å². The summed E-state index contributed by atoms with van der Waals surface area (Å²) in [6.45, 7) is 6.57. The molecule has 1 fully saturated rings. The number of aliphatic imine (C=N–C) groups is 1. The lowest BCUT2D eigenvalue weighted by Gasteiger charge is -2.35. The van der Waals surface area contributed by atoms with E-state index in [1.54, 1.807) is 0 Å². The topological polar surface area (TPSA) is 65.9 Å². The average molecular weight is 433 g/mol. The van der Waals surface area contributed by atoms with Crippen molar-refractivity contribution in [3.63, 3.8) is 0 Å². The number of ether oxygens (including phenoxy) is 1. The van der Waals surface area contributed by atoms with Crippen molar-refractivity contribution >= 4 is 29.9 Å². The molecule has 0 radical (unpaired) electrons. The zero-order valence-electron chi connectivity index (χ0n) is 14.0. The zero-order valence-corrected chi connectivity index (χ0v) is 16.3. The third-order valence-corrected chi connectivity index (χ3v) is 3.84. The Morgan fingerprint density at radius 3 is 2.52 bits per heavy atom. The number of rotatable bonds is 7. The molecule has 0 aromatic heterocycles. The van der Waals surface area contributed by atoms with Crippen molar-refractivity contribution in [1.29, 1.82) is 0 Å². The van der Waals surface area contributed by atoms with Crippen molar-refractivity contribution < 1.29 is 9.84 Å². The number of aliphatic hydroxyl groups is 1. The number of benzene rings is 1. The van der Waals surface area contributed by atoms with E-state index in [1.165, 1.54) is 5.56 Å². The Kier molecular flexibility index (Phi) is 8.68. The Bertz CT molecular complexity index is 487. The van der Waals surface area contributed by atoms with Crippen LogP contribution in [-0.4, -0.2) is 42.9 Å². The normalized spacial score (nSPS) is 16.0. The summed E-state index contributed by atoms with van der Waals surface area (Å²) in [6, 6.07) is 8.02. The Morgan fingerprint density at radius 2 is 1.96 bits per heavy atom. The van der Waals surface area contributed by atoms with Gasteiger partial charge >= 0.3 is 0 Å². The molecule has 5 nitrogen and oxygen atoms in total. The van der Waals surface area contributed by atoms with Crippen LogP contribution in [0.1, 0.15) is 31.7 Å². The maximum absolute atomic E-state index is 10.1. The fourth-order valence-electron chi connectivity index (χ4n) is 2.28. The summed E-state index contributed by atoms with van der Waals surface area (Å²) in [4.78, 5) is 4.45. The molecule has 0 aliphatic heterocycles. The highest BCUT2D eigenvalue weighted by Crippen LogP contribution is 2.31. The zero-order chi connectivity index (χ0) is 15.8. The van der Waals surface area contributed by atoms with E-state index in [2.05, 4.69) is 22.5 Å². The smallest absolute Gasteiger partial charge is 0.191 e. The van der Waals surface area contributed by atoms with Crippen LogP contribution >= 0.6 is 24.0 Å². The van der Waals surface area contributed by atoms with E-state index in [1.807, 2.05) is 31.2 Å². The molecule has 1 aromatic rings. The molecule has 0 heterocycles. The molecule has 130 valence electrons. The quantitative estimate of drug-likeness (QED) is 0.268. The first-order chi connectivity index (χ1) is 10.6. The standard InChI is InChI=1S/C17H27N3O2.HI/c1-3-18-16(20-13-17(21)9-4-10-17)19-11-12-22-15-7-5-14(2)6-8-15;/h5-8,21H,3-4,9-13H2,1-2H3,(H2,18,19,20);1H. The maximum Gasteiger partial charge on any atom is 0.191 e. The molecule has 23 heavy (non-hydrogen) atoms. The largest absolute Gasteiger partial charge is 0.492 e. The molecule has 1 aliphatic carbocycles. The molecule has 0 spiro atoms. The Morgan fingerprint density at radius 1 is 1.26 bits per heavy atom. The van der Waals surface area contributed by atoms with E-state index in [-0.39, 0.29) is 24.0 Å². The number of guanidine groups is 1. The molecule has 0 amide bonds. The first-order valence-corrected chi connectivity index (χ1v) is 8.05. The van der Waals surface area contributed by atoms with Crippen molar-refractivity contribution in [3.8, 4) is 5.75 Å². The molecule has 3 N–H and O–H groups in total. The van der Waals surface area contributed by atoms with E-state index in [0.717, 1.165) is 37.5 Å². The predicted molar refractivity (Wildman–Crippen MR) is 105 cm³/mol. The van der Waals surface area contributed by atoms with E-state index in [4.69, 9.17) is 4.74 Å². The van der Waals surface area contributed by atoms with Gasteiger partial charge in [-0.05, 0) is 45.2 Å². The lowest BCUT2D eigenvalue weighted by molar-refractivity contribution is -0.0236. The minimum Gasteiger partial charge on any atom is -0.492 e. The number of hydrogen-bond donors (Lipinski definition) is 3. The average Bonchev–Trinajstić information content (AvgIpc) is 2.49. The van der Waals surface area contributed by atoms with E-state index in [0.29, 0.717) is 19.7 Å². The van der Waals surface area contributed by atoms with Crippen LogP contribution in [0, 0.1) is 6.92 Å². The van der Waals surface area contributed by atoms with E-state index in [9.17, 15) is 5.11 Å². The van der Waals surface area contributed by atoms with Gasteiger partial charge in [-0.2, -0.15) is 0 Å². The Labute approximate surface area is 155 Å². The van der Waals surface area contributed by atoms with Gasteiger partial charge < -0.3 is 20.5 Å². The third-order valence-electron chi connectivity index (χ3n) is 3.84. The van der Waals surface area contributed by atoms with Crippen LogP contribution in [-0.2, 0) is 0 Å². The highest BCUT2D eigenvalue weighted by molar-refractivity contribution is 14.0. The molecule has 0 unspecified atom stereocenters. The number of nitrogens with one attached hydrogen (secondary N) is 2. The number of hydrogen-bond acceptors (Lipinski definition) is 3. The van der Waals surface area contributed by atoms with Crippen molar-refractivity contribution in [1.82, 2.24) is 10.6 Å². The monoisotopic (exact) mass is 433 g/mol. The number of halogens is 1. The fraction of sp³-hybridized carbons (Fsp3) is 0.588. The van der Waals surface area contributed by atoms with E-state index >= 15 is 0 Å². The van der Waals surface area contributed by atoms with Gasteiger partial charge in [-0.1, -0.05) is 17.7 Å². The van der Waals surface area contributed by atoms with Gasteiger partial charge in [0.25, 0.3) is 0 Å². The first-order valence-electron chi connectivity index (χ1n) is 8.05. The summed E-state index contributed by atoms with van der Waals surface area (Å²) >= 11 is 0. The summed E-state index contributed by atoms with van der Waals surface area (Å²) in [6.07, 6.45) is 2.80. The molecular formula is C17H28IN3O2. The van der Waals surface area contributed by atoms with Crippen molar-refractivity contribution in [2.45, 2.75) is 38.7 Å². The summed E-state index contributed by atoms with van der Waals surface area (Å²) in [7, 11) is 0. The van der Waals surface area contributed by atoms with Crippen molar-refractivity contribution in [2.24, 2.45) is 4.99 Å². The van der Waals surface area contributed by atoms with Crippen molar-refractivity contribution in [2.75, 3.05) is 26.2 Å². The molecule has 0 saturated heterocycles. The van der Waals surface area contributed by atoms with Gasteiger partial charge in [-0.3, -0.25) is 4.99 Å². The lowest BCUT2D eigenvalue weighted by Crippen LogP contribution is -2.44. The second kappa shape index (κ2) is 9.97. The van der Waals surface area contributed by atoms with Crippen LogP contribution in [0.25, 0.3) is 0 Å². The van der Waals surface area contributed by atoms with Crippen molar-refractivity contribution in [3.05, 3.63) is 29.8 Å². The van der Waals surface area contributed by atoms with Gasteiger partial charge in [0.15, 0.2) is 5.96 Å².